The summed E-state index contributed by atoms with van der Waals surface area (Å²) in [6.45, 7) is 7.51. The van der Waals surface area contributed by atoms with E-state index in [-0.39, 0.29) is 24.2 Å². The molecule has 1 rings (SSSR count). The van der Waals surface area contributed by atoms with E-state index < -0.39 is 46.2 Å². The molecule has 0 saturated carbocycles. The van der Waals surface area contributed by atoms with Crippen LogP contribution in [0, 0.1) is 21.4 Å². The molecule has 12 nitrogen and oxygen atoms in total. The topological polar surface area (TPSA) is 169 Å². The highest BCUT2D eigenvalue weighted by atomic mass is 16.7. The lowest BCUT2D eigenvalue weighted by Crippen LogP contribution is -2.31. The molecule has 1 amide bonds. The van der Waals surface area contributed by atoms with Gasteiger partial charge in [0.1, 0.15) is 11.6 Å². The lowest BCUT2D eigenvalue weighted by atomic mass is 10.1. The van der Waals surface area contributed by atoms with Crippen LogP contribution < -0.4 is 4.74 Å². The fourth-order valence-corrected chi connectivity index (χ4v) is 2.86. The minimum absolute atomic E-state index is 0.0557. The fourth-order valence-electron chi connectivity index (χ4n) is 2.86. The number of ether oxygens (including phenoxy) is 3. The van der Waals surface area contributed by atoms with Gasteiger partial charge in [-0.05, 0) is 44.9 Å². The van der Waals surface area contributed by atoms with E-state index in [1.165, 1.54) is 4.90 Å². The van der Waals surface area contributed by atoms with Crippen molar-refractivity contribution in [1.29, 1.82) is 5.26 Å². The molecule has 1 N–H and O–H groups in total. The number of nitriles is 1. The number of nitro benzene ring substituents is 1. The number of carbonyl (C=O) groups is 3. The van der Waals surface area contributed by atoms with E-state index >= 15 is 0 Å². The molecule has 0 saturated heterocycles. The van der Waals surface area contributed by atoms with E-state index in [0.717, 1.165) is 18.2 Å². The number of rotatable bonds is 11. The van der Waals surface area contributed by atoms with Crippen LogP contribution >= 0.6 is 0 Å². The van der Waals surface area contributed by atoms with Crippen LogP contribution in [-0.4, -0.2) is 58.8 Å². The van der Waals surface area contributed by atoms with E-state index in [2.05, 4.69) is 0 Å². The number of amides is 1. The molecular formula is C22H27N3O9. The molecule has 0 fully saturated rings. The second kappa shape index (κ2) is 13.4. The summed E-state index contributed by atoms with van der Waals surface area (Å²) in [6, 6.07) is 3.68. The van der Waals surface area contributed by atoms with Crippen molar-refractivity contribution >= 4 is 29.8 Å². The van der Waals surface area contributed by atoms with Crippen LogP contribution in [0.3, 0.4) is 0 Å². The largest absolute Gasteiger partial charge is 0.514 e. The summed E-state index contributed by atoms with van der Waals surface area (Å²) in [4.78, 5) is 48.5. The van der Waals surface area contributed by atoms with E-state index in [4.69, 9.17) is 14.2 Å². The van der Waals surface area contributed by atoms with Gasteiger partial charge in [0.2, 0.25) is 11.9 Å². The number of nitrogens with zero attached hydrogens (tertiary/aromatic N) is 3. The first-order chi connectivity index (χ1) is 16.1. The number of likely N-dealkylation sites (N-methyl/N-ethyl adjacent to an activating group) is 1. The minimum atomic E-state index is -1.41. The van der Waals surface area contributed by atoms with E-state index in [1.807, 2.05) is 0 Å². The second-order valence-corrected chi connectivity index (χ2v) is 6.79. The molecule has 184 valence electrons. The first kappa shape index (κ1) is 27.9. The summed E-state index contributed by atoms with van der Waals surface area (Å²) in [5, 5.41) is 31.0. The number of hydrogen-bond donors (Lipinski definition) is 1. The first-order valence-corrected chi connectivity index (χ1v) is 10.6. The molecule has 1 unspecified atom stereocenters. The van der Waals surface area contributed by atoms with Crippen LogP contribution in [0.15, 0.2) is 17.7 Å². The highest BCUT2D eigenvalue weighted by molar-refractivity contribution is 6.01. The Labute approximate surface area is 196 Å². The van der Waals surface area contributed by atoms with Gasteiger partial charge in [-0.1, -0.05) is 13.3 Å². The summed E-state index contributed by atoms with van der Waals surface area (Å²) in [5.41, 5.74) is -1.21. The Kier molecular flexibility index (Phi) is 11.0. The fraction of sp³-hybridized carbons (Fsp3) is 0.455. The summed E-state index contributed by atoms with van der Waals surface area (Å²) < 4.78 is 14.7. The Morgan fingerprint density at radius 1 is 1.24 bits per heavy atom. The number of hydrogen-bond acceptors (Lipinski definition) is 10. The Morgan fingerprint density at radius 2 is 1.88 bits per heavy atom. The molecule has 0 aliphatic heterocycles. The number of benzene rings is 1. The number of esters is 1. The molecule has 34 heavy (non-hydrogen) atoms. The van der Waals surface area contributed by atoms with Crippen LogP contribution in [0.1, 0.15) is 46.1 Å². The predicted molar refractivity (Wildman–Crippen MR) is 119 cm³/mol. The lowest BCUT2D eigenvalue weighted by molar-refractivity contribution is -0.385. The third-order valence-corrected chi connectivity index (χ3v) is 4.52. The maximum Gasteiger partial charge on any atom is 0.514 e. The number of phenols is 1. The highest BCUT2D eigenvalue weighted by Gasteiger charge is 2.27. The number of aromatic hydroxyl groups is 1. The molecule has 1 aromatic carbocycles. The second-order valence-electron chi connectivity index (χ2n) is 6.79. The number of carbonyl (C=O) groups excluding carboxylic acids is 3. The zero-order chi connectivity index (χ0) is 25.8. The Bertz CT molecular complexity index is 994. The molecule has 12 heteroatoms. The average Bonchev–Trinajstić information content (AvgIpc) is 2.79. The summed E-state index contributed by atoms with van der Waals surface area (Å²) in [6.07, 6.45) is -0.983. The van der Waals surface area contributed by atoms with Crippen molar-refractivity contribution in [3.05, 3.63) is 33.4 Å². The van der Waals surface area contributed by atoms with Crippen molar-refractivity contribution in [1.82, 2.24) is 4.90 Å². The highest BCUT2D eigenvalue weighted by Crippen LogP contribution is 2.38. The lowest BCUT2D eigenvalue weighted by Gasteiger charge is -2.17. The van der Waals surface area contributed by atoms with Gasteiger partial charge in [-0.25, -0.2) is 9.59 Å². The third kappa shape index (κ3) is 7.47. The smallest absolute Gasteiger partial charge is 0.499 e. The molecule has 1 aromatic rings. The first-order valence-electron chi connectivity index (χ1n) is 10.6. The van der Waals surface area contributed by atoms with Gasteiger partial charge in [-0.15, -0.1) is 0 Å². The van der Waals surface area contributed by atoms with Gasteiger partial charge in [0.05, 0.1) is 11.5 Å². The van der Waals surface area contributed by atoms with Gasteiger partial charge < -0.3 is 24.2 Å². The Hall–Kier alpha value is -4.14. The monoisotopic (exact) mass is 477 g/mol. The molecule has 0 aliphatic rings. The predicted octanol–water partition coefficient (Wildman–Crippen LogP) is 3.32. The maximum atomic E-state index is 12.5. The van der Waals surface area contributed by atoms with Gasteiger partial charge in [0.15, 0.2) is 5.75 Å². The summed E-state index contributed by atoms with van der Waals surface area (Å²) in [5.74, 6) is -3.02. The Morgan fingerprint density at radius 3 is 2.38 bits per heavy atom. The normalized spacial score (nSPS) is 11.7. The molecule has 0 bridgehead atoms. The van der Waals surface area contributed by atoms with E-state index in [0.29, 0.717) is 19.5 Å². The zero-order valence-corrected chi connectivity index (χ0v) is 19.4. The van der Waals surface area contributed by atoms with Gasteiger partial charge in [-0.3, -0.25) is 14.9 Å². The van der Waals surface area contributed by atoms with Crippen molar-refractivity contribution < 1.29 is 38.6 Å². The van der Waals surface area contributed by atoms with Crippen molar-refractivity contribution in [3.8, 4) is 17.6 Å². The average molecular weight is 477 g/mol. The number of phenolic OH excluding ortho intramolecular Hbond substituents is 1. The molecule has 1 atom stereocenters. The van der Waals surface area contributed by atoms with Gasteiger partial charge in [-0.2, -0.15) is 5.26 Å². The molecule has 0 aliphatic carbocycles. The summed E-state index contributed by atoms with van der Waals surface area (Å²) >= 11 is 0. The minimum Gasteiger partial charge on any atom is -0.499 e. The van der Waals surface area contributed by atoms with Crippen LogP contribution in [0.25, 0.3) is 6.08 Å². The van der Waals surface area contributed by atoms with E-state index in [1.54, 1.807) is 33.8 Å². The standard InChI is InChI=1S/C22H27N3O9/c1-5-9-17(21(28)32-8-4)33-22(29)34-18-12-14(11-16(19(18)26)25(30)31)10-15(13-23)20(27)24(6-2)7-3/h10-12,17,26H,5-9H2,1-4H3/b15-10+. The molecule has 0 spiro atoms. The SMILES string of the molecule is CCCC(OC(=O)Oc1cc(/C=C(\C#N)C(=O)N(CC)CC)cc([N+](=O)[O-])c1O)C(=O)OCC. The summed E-state index contributed by atoms with van der Waals surface area (Å²) in [7, 11) is 0. The Balaban J connectivity index is 3.34. The van der Waals surface area contributed by atoms with Crippen molar-refractivity contribution in [2.24, 2.45) is 0 Å². The third-order valence-electron chi connectivity index (χ3n) is 4.52. The quantitative estimate of drug-likeness (QED) is 0.124. The molecule has 0 radical (unpaired) electrons. The maximum absolute atomic E-state index is 12.5. The molecular weight excluding hydrogens is 450 g/mol. The van der Waals surface area contributed by atoms with Crippen molar-refractivity contribution in [2.75, 3.05) is 19.7 Å². The van der Waals surface area contributed by atoms with Gasteiger partial charge in [0, 0.05) is 19.2 Å². The van der Waals surface area contributed by atoms with Crippen LogP contribution in [0.2, 0.25) is 0 Å². The number of nitro groups is 1. The van der Waals surface area contributed by atoms with Crippen LogP contribution in [-0.2, 0) is 19.1 Å². The van der Waals surface area contributed by atoms with Crippen molar-refractivity contribution in [3.63, 3.8) is 0 Å². The molecule has 0 aromatic heterocycles. The van der Waals surface area contributed by atoms with Crippen LogP contribution in [0.4, 0.5) is 10.5 Å². The molecule has 0 heterocycles. The van der Waals surface area contributed by atoms with Crippen LogP contribution in [0.5, 0.6) is 11.5 Å². The van der Waals surface area contributed by atoms with Gasteiger partial charge >= 0.3 is 17.8 Å². The zero-order valence-electron chi connectivity index (χ0n) is 19.4. The van der Waals surface area contributed by atoms with Gasteiger partial charge in [0.25, 0.3) is 5.91 Å². The van der Waals surface area contributed by atoms with Crippen molar-refractivity contribution in [2.45, 2.75) is 46.6 Å². The van der Waals surface area contributed by atoms with E-state index in [9.17, 15) is 34.9 Å².